The third-order valence-corrected chi connectivity index (χ3v) is 9.43. The van der Waals surface area contributed by atoms with Crippen LogP contribution < -0.4 is 0 Å². The minimum atomic E-state index is 0.517. The quantitative estimate of drug-likeness (QED) is 0.199. The molecule has 4 heteroatoms. The van der Waals surface area contributed by atoms with Gasteiger partial charge in [0.25, 0.3) is 0 Å². The van der Waals surface area contributed by atoms with E-state index in [-0.39, 0.29) is 0 Å². The fourth-order valence-corrected chi connectivity index (χ4v) is 7.32. The Kier molecular flexibility index (Phi) is 6.22. The van der Waals surface area contributed by atoms with Gasteiger partial charge in [0.1, 0.15) is 0 Å². The van der Waals surface area contributed by atoms with Gasteiger partial charge in [0.2, 0.25) is 0 Å². The second kappa shape index (κ2) is 10.9. The van der Waals surface area contributed by atoms with E-state index in [1.165, 1.54) is 21.5 Å². The number of hydrogen-bond acceptors (Lipinski definition) is 2. The first-order valence-electron chi connectivity index (χ1n) is 15.9. The number of benzene rings is 7. The smallest absolute Gasteiger partial charge is 0.0998 e. The van der Waals surface area contributed by atoms with E-state index in [1.807, 2.05) is 42.5 Å². The van der Waals surface area contributed by atoms with Crippen molar-refractivity contribution in [2.75, 3.05) is 0 Å². The number of nitrogens with zero attached hydrogens (tertiary/aromatic N) is 4. The molecule has 4 nitrogen and oxygen atoms in total. The van der Waals surface area contributed by atoms with Crippen LogP contribution in [0.1, 0.15) is 11.1 Å². The zero-order chi connectivity index (χ0) is 32.2. The highest BCUT2D eigenvalue weighted by Crippen LogP contribution is 2.39. The van der Waals surface area contributed by atoms with E-state index in [4.69, 9.17) is 0 Å². The summed E-state index contributed by atoms with van der Waals surface area (Å²) in [6.45, 7) is 0. The molecule has 0 saturated heterocycles. The van der Waals surface area contributed by atoms with Crippen LogP contribution in [0.15, 0.2) is 158 Å². The van der Waals surface area contributed by atoms with Crippen LogP contribution >= 0.6 is 0 Å². The van der Waals surface area contributed by atoms with Gasteiger partial charge in [-0.05, 0) is 66.2 Å². The topological polar surface area (TPSA) is 57.4 Å². The third-order valence-electron chi connectivity index (χ3n) is 9.43. The number of aromatic nitrogens is 2. The average molecular weight is 611 g/mol. The largest absolute Gasteiger partial charge is 0.309 e. The van der Waals surface area contributed by atoms with Crippen molar-refractivity contribution in [3.05, 3.63) is 169 Å². The first-order valence-corrected chi connectivity index (χ1v) is 15.9. The molecule has 0 atom stereocenters. The van der Waals surface area contributed by atoms with E-state index in [2.05, 4.69) is 137 Å². The highest BCUT2D eigenvalue weighted by molar-refractivity contribution is 6.10. The summed E-state index contributed by atoms with van der Waals surface area (Å²) in [5, 5.41) is 25.4. The molecule has 0 aliphatic rings. The van der Waals surface area contributed by atoms with Crippen LogP contribution in [0.2, 0.25) is 0 Å². The van der Waals surface area contributed by atoms with Gasteiger partial charge in [-0.1, -0.05) is 97.1 Å². The second-order valence-corrected chi connectivity index (χ2v) is 12.0. The van der Waals surface area contributed by atoms with Crippen molar-refractivity contribution in [2.24, 2.45) is 0 Å². The van der Waals surface area contributed by atoms with Gasteiger partial charge in [-0.2, -0.15) is 10.5 Å². The molecule has 0 fully saturated rings. The van der Waals surface area contributed by atoms with Gasteiger partial charge in [-0.15, -0.1) is 0 Å². The van der Waals surface area contributed by atoms with Gasteiger partial charge in [0.05, 0.1) is 51.0 Å². The first-order chi connectivity index (χ1) is 23.7. The van der Waals surface area contributed by atoms with Gasteiger partial charge in [0, 0.05) is 43.9 Å². The summed E-state index contributed by atoms with van der Waals surface area (Å²) in [5.41, 5.74) is 10.9. The number of nitriles is 2. The van der Waals surface area contributed by atoms with Crippen molar-refractivity contribution in [3.8, 4) is 45.8 Å². The van der Waals surface area contributed by atoms with Crippen LogP contribution in [-0.2, 0) is 0 Å². The zero-order valence-corrected chi connectivity index (χ0v) is 25.8. The third kappa shape index (κ3) is 4.07. The Morgan fingerprint density at radius 3 is 1.35 bits per heavy atom. The normalized spacial score (nSPS) is 11.3. The fraction of sp³-hybridized carbons (Fsp3) is 0. The Hall–Kier alpha value is -6.88. The molecular formula is C44H26N4. The summed E-state index contributed by atoms with van der Waals surface area (Å²) in [6, 6.07) is 58.8. The molecular weight excluding hydrogens is 585 g/mol. The molecule has 0 saturated carbocycles. The van der Waals surface area contributed by atoms with Gasteiger partial charge >= 0.3 is 0 Å². The van der Waals surface area contributed by atoms with Gasteiger partial charge in [-0.3, -0.25) is 0 Å². The van der Waals surface area contributed by atoms with Gasteiger partial charge in [0.15, 0.2) is 0 Å². The van der Waals surface area contributed by atoms with E-state index < -0.39 is 0 Å². The number of hydrogen-bond donors (Lipinski definition) is 0. The maximum Gasteiger partial charge on any atom is 0.0998 e. The average Bonchev–Trinajstić information content (AvgIpc) is 3.67. The predicted molar refractivity (Wildman–Crippen MR) is 195 cm³/mol. The molecule has 0 unspecified atom stereocenters. The fourth-order valence-electron chi connectivity index (χ4n) is 7.32. The van der Waals surface area contributed by atoms with Crippen LogP contribution in [-0.4, -0.2) is 9.13 Å². The zero-order valence-electron chi connectivity index (χ0n) is 25.8. The molecule has 0 bridgehead atoms. The summed E-state index contributed by atoms with van der Waals surface area (Å²) >= 11 is 0. The molecule has 0 spiro atoms. The first kappa shape index (κ1) is 27.4. The lowest BCUT2D eigenvalue weighted by Gasteiger charge is -2.16. The number of rotatable bonds is 4. The van der Waals surface area contributed by atoms with Crippen LogP contribution in [0.25, 0.3) is 77.2 Å². The van der Waals surface area contributed by atoms with Crippen molar-refractivity contribution in [1.82, 2.24) is 9.13 Å². The number of para-hydroxylation sites is 5. The van der Waals surface area contributed by atoms with Crippen LogP contribution in [0.5, 0.6) is 0 Å². The summed E-state index contributed by atoms with van der Waals surface area (Å²) in [5.74, 6) is 0. The predicted octanol–water partition coefficient (Wildman–Crippen LogP) is 11.0. The Morgan fingerprint density at radius 2 is 0.812 bits per heavy atom. The molecule has 0 amide bonds. The van der Waals surface area contributed by atoms with Gasteiger partial charge < -0.3 is 9.13 Å². The SMILES string of the molecule is N#Cc1ccc(-c2ccccc2-n2c3ccccc3c3ccccc32)cc1-c1cc(-n2c3ccccc3c3ccccc32)ccc1C#N. The summed E-state index contributed by atoms with van der Waals surface area (Å²) in [7, 11) is 0. The summed E-state index contributed by atoms with van der Waals surface area (Å²) < 4.78 is 4.56. The van der Waals surface area contributed by atoms with Crippen molar-refractivity contribution < 1.29 is 0 Å². The van der Waals surface area contributed by atoms with E-state index in [1.54, 1.807) is 0 Å². The minimum Gasteiger partial charge on any atom is -0.309 e. The van der Waals surface area contributed by atoms with Gasteiger partial charge in [-0.25, -0.2) is 0 Å². The van der Waals surface area contributed by atoms with E-state index >= 15 is 0 Å². The Bertz CT molecular complexity index is 2710. The maximum absolute atomic E-state index is 10.3. The molecule has 9 rings (SSSR count). The highest BCUT2D eigenvalue weighted by Gasteiger charge is 2.19. The molecule has 0 radical (unpaired) electrons. The van der Waals surface area contributed by atoms with Crippen molar-refractivity contribution in [2.45, 2.75) is 0 Å². The molecule has 0 aliphatic carbocycles. The Balaban J connectivity index is 1.27. The number of fused-ring (bicyclic) bond motifs is 6. The second-order valence-electron chi connectivity index (χ2n) is 12.0. The molecule has 222 valence electrons. The molecule has 7 aromatic carbocycles. The Morgan fingerprint density at radius 1 is 0.375 bits per heavy atom. The Labute approximate surface area is 277 Å². The van der Waals surface area contributed by atoms with Crippen LogP contribution in [0.4, 0.5) is 0 Å². The lowest BCUT2D eigenvalue weighted by Crippen LogP contribution is -1.99. The molecule has 0 N–H and O–H groups in total. The maximum atomic E-state index is 10.3. The highest BCUT2D eigenvalue weighted by atomic mass is 15.0. The van der Waals surface area contributed by atoms with E-state index in [0.29, 0.717) is 11.1 Å². The minimum absolute atomic E-state index is 0.517. The van der Waals surface area contributed by atoms with E-state index in [0.717, 1.165) is 55.7 Å². The van der Waals surface area contributed by atoms with Crippen LogP contribution in [0, 0.1) is 22.7 Å². The lowest BCUT2D eigenvalue weighted by molar-refractivity contribution is 1.18. The van der Waals surface area contributed by atoms with Crippen molar-refractivity contribution >= 4 is 43.6 Å². The lowest BCUT2D eigenvalue weighted by atomic mass is 9.91. The summed E-state index contributed by atoms with van der Waals surface area (Å²) in [4.78, 5) is 0. The summed E-state index contributed by atoms with van der Waals surface area (Å²) in [6.07, 6.45) is 0. The molecule has 48 heavy (non-hydrogen) atoms. The van der Waals surface area contributed by atoms with Crippen molar-refractivity contribution in [1.29, 1.82) is 10.5 Å². The van der Waals surface area contributed by atoms with Crippen LogP contribution in [0.3, 0.4) is 0 Å². The van der Waals surface area contributed by atoms with E-state index in [9.17, 15) is 10.5 Å². The monoisotopic (exact) mass is 610 g/mol. The molecule has 2 aromatic heterocycles. The molecule has 0 aliphatic heterocycles. The molecule has 2 heterocycles. The molecule has 9 aromatic rings. The standard InChI is InChI=1S/C44H26N4/c45-27-30-22-21-29(33-11-1-6-16-40(33)48-43-19-9-4-14-36(43)37-15-5-10-20-44(37)48)25-38(30)39-26-32(24-23-31(39)28-46)47-41-17-7-2-12-34(41)35-13-3-8-18-42(35)47/h1-26H. The van der Waals surface area contributed by atoms with Crippen molar-refractivity contribution in [3.63, 3.8) is 0 Å².